The summed E-state index contributed by atoms with van der Waals surface area (Å²) in [4.78, 5) is 4.27. The Balaban J connectivity index is 1.54. The molecule has 0 amide bonds. The molecule has 0 bridgehead atoms. The molecule has 0 radical (unpaired) electrons. The van der Waals surface area contributed by atoms with Crippen LogP contribution in [0.15, 0.2) is 10.9 Å². The molecule has 1 fully saturated rings. The van der Waals surface area contributed by atoms with Crippen LogP contribution in [0, 0.1) is 5.92 Å². The van der Waals surface area contributed by atoms with Gasteiger partial charge in [0.15, 0.2) is 0 Å². The van der Waals surface area contributed by atoms with Crippen molar-refractivity contribution in [2.75, 3.05) is 26.2 Å². The summed E-state index contributed by atoms with van der Waals surface area (Å²) in [6.45, 7) is 4.62. The van der Waals surface area contributed by atoms with Gasteiger partial charge in [-0.05, 0) is 38.4 Å². The smallest absolute Gasteiger partial charge is 0.0794 e. The molecule has 2 heterocycles. The normalized spacial score (nSPS) is 18.1. The van der Waals surface area contributed by atoms with Crippen LogP contribution in [0.4, 0.5) is 0 Å². The third kappa shape index (κ3) is 3.89. The second-order valence-electron chi connectivity index (χ2n) is 4.13. The van der Waals surface area contributed by atoms with Crippen LogP contribution in [0.1, 0.15) is 18.5 Å². The van der Waals surface area contributed by atoms with Crippen molar-refractivity contribution in [1.29, 1.82) is 0 Å². The zero-order valence-corrected chi connectivity index (χ0v) is 9.85. The maximum atomic E-state index is 4.27. The maximum Gasteiger partial charge on any atom is 0.0794 e. The summed E-state index contributed by atoms with van der Waals surface area (Å²) >= 11 is 1.68. The predicted octanol–water partition coefficient (Wildman–Crippen LogP) is 1.27. The third-order valence-electron chi connectivity index (χ3n) is 2.93. The molecule has 2 N–H and O–H groups in total. The Bertz CT molecular complexity index is 255. The number of rotatable bonds is 5. The highest BCUT2D eigenvalue weighted by Gasteiger charge is 2.11. The van der Waals surface area contributed by atoms with Crippen LogP contribution in [0.25, 0.3) is 0 Å². The van der Waals surface area contributed by atoms with Gasteiger partial charge >= 0.3 is 0 Å². The minimum Gasteiger partial charge on any atom is -0.317 e. The maximum absolute atomic E-state index is 4.27. The van der Waals surface area contributed by atoms with Gasteiger partial charge in [-0.1, -0.05) is 0 Å². The van der Waals surface area contributed by atoms with Crippen molar-refractivity contribution >= 4 is 11.3 Å². The summed E-state index contributed by atoms with van der Waals surface area (Å²) in [6, 6.07) is 0. The van der Waals surface area contributed by atoms with Gasteiger partial charge in [0.25, 0.3) is 0 Å². The minimum absolute atomic E-state index is 0.877. The lowest BCUT2D eigenvalue weighted by molar-refractivity contribution is 0.357. The molecular weight excluding hydrogens is 206 g/mol. The van der Waals surface area contributed by atoms with Crippen LogP contribution in [0.5, 0.6) is 0 Å². The molecule has 1 aromatic heterocycles. The van der Waals surface area contributed by atoms with Gasteiger partial charge < -0.3 is 10.6 Å². The minimum atomic E-state index is 0.877. The molecule has 1 aromatic rings. The van der Waals surface area contributed by atoms with Crippen molar-refractivity contribution in [2.45, 2.75) is 19.3 Å². The number of piperidine rings is 1. The van der Waals surface area contributed by atoms with E-state index in [0.717, 1.165) is 18.9 Å². The average molecular weight is 225 g/mol. The summed E-state index contributed by atoms with van der Waals surface area (Å²) in [5, 5.41) is 9.05. The summed E-state index contributed by atoms with van der Waals surface area (Å²) in [6.07, 6.45) is 3.71. The van der Waals surface area contributed by atoms with Gasteiger partial charge in [-0.15, -0.1) is 11.3 Å². The second-order valence-corrected chi connectivity index (χ2v) is 4.85. The number of thiazole rings is 1. The molecule has 1 aliphatic heterocycles. The molecule has 0 aliphatic carbocycles. The fourth-order valence-electron chi connectivity index (χ4n) is 1.97. The van der Waals surface area contributed by atoms with E-state index in [1.165, 1.54) is 38.2 Å². The first-order valence-electron chi connectivity index (χ1n) is 5.73. The molecule has 84 valence electrons. The first kappa shape index (κ1) is 11.0. The van der Waals surface area contributed by atoms with Gasteiger partial charge in [0.1, 0.15) is 0 Å². The molecule has 1 aliphatic rings. The van der Waals surface area contributed by atoms with Crippen LogP contribution in [-0.4, -0.2) is 31.2 Å². The molecule has 3 nitrogen and oxygen atoms in total. The number of hydrogen-bond acceptors (Lipinski definition) is 4. The van der Waals surface area contributed by atoms with Gasteiger partial charge in [0, 0.05) is 18.3 Å². The van der Waals surface area contributed by atoms with Crippen molar-refractivity contribution in [3.63, 3.8) is 0 Å². The molecule has 15 heavy (non-hydrogen) atoms. The van der Waals surface area contributed by atoms with E-state index in [-0.39, 0.29) is 0 Å². The standard InChI is InChI=1S/C11H19N3S/c1-4-12-5-2-10(1)7-13-6-3-11-8-15-9-14-11/h8-10,12-13H,1-7H2. The number of nitrogens with zero attached hydrogens (tertiary/aromatic N) is 1. The van der Waals surface area contributed by atoms with E-state index in [1.807, 2.05) is 5.51 Å². The molecule has 0 aromatic carbocycles. The van der Waals surface area contributed by atoms with Gasteiger partial charge in [-0.2, -0.15) is 0 Å². The van der Waals surface area contributed by atoms with E-state index in [0.29, 0.717) is 0 Å². The SMILES string of the molecule is c1nc(CCNCC2CCNCC2)cs1. The molecular formula is C11H19N3S. The summed E-state index contributed by atoms with van der Waals surface area (Å²) in [5.74, 6) is 0.877. The molecule has 0 saturated carbocycles. The van der Waals surface area contributed by atoms with Crippen molar-refractivity contribution in [1.82, 2.24) is 15.6 Å². The lowest BCUT2D eigenvalue weighted by Crippen LogP contribution is -2.34. The highest BCUT2D eigenvalue weighted by Crippen LogP contribution is 2.09. The fourth-order valence-corrected chi connectivity index (χ4v) is 2.56. The van der Waals surface area contributed by atoms with E-state index in [4.69, 9.17) is 0 Å². The second kappa shape index (κ2) is 6.20. The topological polar surface area (TPSA) is 37.0 Å². The Kier molecular flexibility index (Phi) is 4.57. The summed E-state index contributed by atoms with van der Waals surface area (Å²) < 4.78 is 0. The lowest BCUT2D eigenvalue weighted by atomic mass is 9.98. The van der Waals surface area contributed by atoms with Crippen LogP contribution in [0.3, 0.4) is 0 Å². The molecule has 2 rings (SSSR count). The molecule has 4 heteroatoms. The van der Waals surface area contributed by atoms with Gasteiger partial charge in [0.2, 0.25) is 0 Å². The Labute approximate surface area is 95.3 Å². The Hall–Kier alpha value is -0.450. The largest absolute Gasteiger partial charge is 0.317 e. The van der Waals surface area contributed by atoms with Crippen LogP contribution >= 0.6 is 11.3 Å². The Morgan fingerprint density at radius 2 is 2.33 bits per heavy atom. The Morgan fingerprint density at radius 1 is 1.47 bits per heavy atom. The molecule has 0 spiro atoms. The fraction of sp³-hybridized carbons (Fsp3) is 0.727. The van der Waals surface area contributed by atoms with Gasteiger partial charge in [0.05, 0.1) is 11.2 Å². The molecule has 0 atom stereocenters. The number of nitrogens with one attached hydrogen (secondary N) is 2. The number of aromatic nitrogens is 1. The van der Waals surface area contributed by atoms with E-state index in [2.05, 4.69) is 21.0 Å². The quantitative estimate of drug-likeness (QED) is 0.741. The molecule has 1 saturated heterocycles. The van der Waals surface area contributed by atoms with Crippen molar-refractivity contribution in [3.8, 4) is 0 Å². The first-order chi connectivity index (χ1) is 7.45. The van der Waals surface area contributed by atoms with Gasteiger partial charge in [-0.25, -0.2) is 4.98 Å². The zero-order chi connectivity index (χ0) is 10.3. The van der Waals surface area contributed by atoms with E-state index >= 15 is 0 Å². The third-order valence-corrected chi connectivity index (χ3v) is 3.57. The van der Waals surface area contributed by atoms with E-state index in [1.54, 1.807) is 11.3 Å². The van der Waals surface area contributed by atoms with Crippen molar-refractivity contribution in [2.24, 2.45) is 5.92 Å². The highest BCUT2D eigenvalue weighted by molar-refractivity contribution is 7.07. The predicted molar refractivity (Wildman–Crippen MR) is 64.3 cm³/mol. The average Bonchev–Trinajstić information content (AvgIpc) is 2.79. The van der Waals surface area contributed by atoms with E-state index in [9.17, 15) is 0 Å². The van der Waals surface area contributed by atoms with Crippen molar-refractivity contribution < 1.29 is 0 Å². The summed E-state index contributed by atoms with van der Waals surface area (Å²) in [7, 11) is 0. The van der Waals surface area contributed by atoms with Crippen LogP contribution in [0.2, 0.25) is 0 Å². The van der Waals surface area contributed by atoms with Crippen LogP contribution < -0.4 is 10.6 Å². The first-order valence-corrected chi connectivity index (χ1v) is 6.68. The number of hydrogen-bond donors (Lipinski definition) is 2. The van der Waals surface area contributed by atoms with Crippen LogP contribution in [-0.2, 0) is 6.42 Å². The van der Waals surface area contributed by atoms with Crippen molar-refractivity contribution in [3.05, 3.63) is 16.6 Å². The van der Waals surface area contributed by atoms with E-state index < -0.39 is 0 Å². The highest BCUT2D eigenvalue weighted by atomic mass is 32.1. The zero-order valence-electron chi connectivity index (χ0n) is 9.04. The molecule has 0 unspecified atom stereocenters. The monoisotopic (exact) mass is 225 g/mol. The Morgan fingerprint density at radius 3 is 3.07 bits per heavy atom. The lowest BCUT2D eigenvalue weighted by Gasteiger charge is -2.22. The summed E-state index contributed by atoms with van der Waals surface area (Å²) in [5.41, 5.74) is 3.13. The van der Waals surface area contributed by atoms with Gasteiger partial charge in [-0.3, -0.25) is 0 Å².